The first-order valence-corrected chi connectivity index (χ1v) is 13.7. The van der Waals surface area contributed by atoms with Gasteiger partial charge in [0.1, 0.15) is 18.1 Å². The van der Waals surface area contributed by atoms with Gasteiger partial charge in [-0.05, 0) is 49.2 Å². The predicted molar refractivity (Wildman–Crippen MR) is 151 cm³/mol. The molecule has 0 saturated carbocycles. The Morgan fingerprint density at radius 3 is 2.47 bits per heavy atom. The molecule has 1 aliphatic heterocycles. The fourth-order valence-electron chi connectivity index (χ4n) is 4.39. The van der Waals surface area contributed by atoms with Crippen molar-refractivity contribution in [1.29, 1.82) is 0 Å². The number of hydrogen-bond acceptors (Lipinski definition) is 5. The van der Waals surface area contributed by atoms with Gasteiger partial charge in [-0.1, -0.05) is 52.3 Å². The van der Waals surface area contributed by atoms with Gasteiger partial charge in [-0.15, -0.1) is 0 Å². The van der Waals surface area contributed by atoms with Gasteiger partial charge in [0.2, 0.25) is 5.91 Å². The van der Waals surface area contributed by atoms with Crippen LogP contribution in [0.5, 0.6) is 0 Å². The topological polar surface area (TPSA) is 78.3 Å². The normalized spacial score (nSPS) is 13.7. The largest absolute Gasteiger partial charge is 0.464 e. The Morgan fingerprint density at radius 1 is 0.974 bits per heavy atom. The molecule has 38 heavy (non-hydrogen) atoms. The lowest BCUT2D eigenvalue weighted by molar-refractivity contribution is -0.133. The van der Waals surface area contributed by atoms with Crippen LogP contribution in [0.4, 0.5) is 10.5 Å². The van der Waals surface area contributed by atoms with Crippen molar-refractivity contribution in [2.75, 3.05) is 51.3 Å². The molecule has 1 fully saturated rings. The summed E-state index contributed by atoms with van der Waals surface area (Å²) in [6.45, 7) is 7.14. The van der Waals surface area contributed by atoms with Crippen LogP contribution in [0.2, 0.25) is 0 Å². The van der Waals surface area contributed by atoms with E-state index in [1.165, 1.54) is 0 Å². The third kappa shape index (κ3) is 8.72. The van der Waals surface area contributed by atoms with Crippen LogP contribution >= 0.6 is 15.9 Å². The number of carbonyl (C=O) groups is 2. The third-order valence-electron chi connectivity index (χ3n) is 6.41. The van der Waals surface area contributed by atoms with Crippen LogP contribution in [-0.2, 0) is 22.6 Å². The Balaban J connectivity index is 1.47. The van der Waals surface area contributed by atoms with Crippen LogP contribution in [0.15, 0.2) is 75.6 Å². The first-order valence-electron chi connectivity index (χ1n) is 12.9. The molecular formula is C29H35BrN4O4. The average molecular weight is 584 g/mol. The Kier molecular flexibility index (Phi) is 10.4. The first kappa shape index (κ1) is 27.9. The van der Waals surface area contributed by atoms with E-state index in [1.54, 1.807) is 9.80 Å². The fourth-order valence-corrected chi connectivity index (χ4v) is 4.79. The second kappa shape index (κ2) is 14.1. The lowest BCUT2D eigenvalue weighted by Crippen LogP contribution is -2.45. The maximum absolute atomic E-state index is 13.7. The van der Waals surface area contributed by atoms with Crippen LogP contribution in [0.3, 0.4) is 0 Å². The molecule has 3 amide bonds. The number of amides is 3. The lowest BCUT2D eigenvalue weighted by Gasteiger charge is -2.30. The molecule has 0 atom stereocenters. The molecule has 4 rings (SSSR count). The van der Waals surface area contributed by atoms with Crippen molar-refractivity contribution in [1.82, 2.24) is 14.7 Å². The van der Waals surface area contributed by atoms with E-state index in [-0.39, 0.29) is 18.5 Å². The van der Waals surface area contributed by atoms with Crippen LogP contribution in [-0.4, -0.2) is 72.6 Å². The van der Waals surface area contributed by atoms with E-state index < -0.39 is 0 Å². The number of rotatable bonds is 11. The second-order valence-electron chi connectivity index (χ2n) is 9.42. The molecule has 0 bridgehead atoms. The summed E-state index contributed by atoms with van der Waals surface area (Å²) in [7, 11) is 0. The molecule has 9 heteroatoms. The summed E-state index contributed by atoms with van der Waals surface area (Å²) in [6, 6.07) is 20.8. The SMILES string of the molecule is Cc1ccc(CN(Cc2ccccc2)C(=O)CN(CCCN2CCOCC2)C(=O)Nc2cccc(Br)c2)o1. The number of hydrogen-bond donors (Lipinski definition) is 1. The molecule has 0 spiro atoms. The average Bonchev–Trinajstić information content (AvgIpc) is 3.33. The summed E-state index contributed by atoms with van der Waals surface area (Å²) in [5.41, 5.74) is 1.68. The molecule has 2 aromatic carbocycles. The highest BCUT2D eigenvalue weighted by Gasteiger charge is 2.23. The summed E-state index contributed by atoms with van der Waals surface area (Å²) >= 11 is 3.45. The van der Waals surface area contributed by atoms with Crippen LogP contribution < -0.4 is 5.32 Å². The number of urea groups is 1. The van der Waals surface area contributed by atoms with Gasteiger partial charge in [0.25, 0.3) is 0 Å². The van der Waals surface area contributed by atoms with Gasteiger partial charge in [-0.25, -0.2) is 4.79 Å². The number of furan rings is 1. The van der Waals surface area contributed by atoms with E-state index in [4.69, 9.17) is 9.15 Å². The van der Waals surface area contributed by atoms with Gasteiger partial charge in [0.15, 0.2) is 0 Å². The minimum absolute atomic E-state index is 0.0323. The van der Waals surface area contributed by atoms with E-state index in [1.807, 2.05) is 73.7 Å². The zero-order valence-corrected chi connectivity index (χ0v) is 23.4. The summed E-state index contributed by atoms with van der Waals surface area (Å²) in [6.07, 6.45) is 0.759. The number of nitrogens with zero attached hydrogens (tertiary/aromatic N) is 3. The molecule has 1 N–H and O–H groups in total. The van der Waals surface area contributed by atoms with Crippen LogP contribution in [0, 0.1) is 6.92 Å². The van der Waals surface area contributed by atoms with Crippen molar-refractivity contribution in [3.05, 3.63) is 88.3 Å². The molecule has 0 unspecified atom stereocenters. The number of nitrogens with one attached hydrogen (secondary N) is 1. The number of carbonyl (C=O) groups excluding carboxylic acids is 2. The van der Waals surface area contributed by atoms with Gasteiger partial charge < -0.3 is 24.3 Å². The summed E-state index contributed by atoms with van der Waals surface area (Å²) in [5.74, 6) is 1.37. The summed E-state index contributed by atoms with van der Waals surface area (Å²) in [5, 5.41) is 2.95. The molecule has 0 radical (unpaired) electrons. The molecular weight excluding hydrogens is 548 g/mol. The highest BCUT2D eigenvalue weighted by atomic mass is 79.9. The number of aryl methyl sites for hydroxylation is 1. The van der Waals surface area contributed by atoms with Gasteiger partial charge in [0.05, 0.1) is 19.8 Å². The van der Waals surface area contributed by atoms with Crippen molar-refractivity contribution in [2.24, 2.45) is 0 Å². The van der Waals surface area contributed by atoms with Gasteiger partial charge in [0, 0.05) is 42.9 Å². The zero-order valence-electron chi connectivity index (χ0n) is 21.8. The number of halogens is 1. The van der Waals surface area contributed by atoms with E-state index >= 15 is 0 Å². The Hall–Kier alpha value is -3.14. The monoisotopic (exact) mass is 582 g/mol. The zero-order chi connectivity index (χ0) is 26.7. The molecule has 1 aliphatic rings. The van der Waals surface area contributed by atoms with E-state index in [0.29, 0.717) is 31.1 Å². The van der Waals surface area contributed by atoms with Crippen LogP contribution in [0.25, 0.3) is 0 Å². The van der Waals surface area contributed by atoms with Gasteiger partial charge >= 0.3 is 6.03 Å². The van der Waals surface area contributed by atoms with E-state index in [9.17, 15) is 9.59 Å². The second-order valence-corrected chi connectivity index (χ2v) is 10.3. The smallest absolute Gasteiger partial charge is 0.322 e. The van der Waals surface area contributed by atoms with Crippen molar-refractivity contribution < 1.29 is 18.7 Å². The highest BCUT2D eigenvalue weighted by Crippen LogP contribution is 2.17. The minimum Gasteiger partial charge on any atom is -0.464 e. The third-order valence-corrected chi connectivity index (χ3v) is 6.90. The first-order chi connectivity index (χ1) is 18.5. The van der Waals surface area contributed by atoms with Crippen molar-refractivity contribution >= 4 is 33.6 Å². The molecule has 0 aliphatic carbocycles. The predicted octanol–water partition coefficient (Wildman–Crippen LogP) is 5.14. The Bertz CT molecular complexity index is 1180. The minimum atomic E-state index is -0.299. The van der Waals surface area contributed by atoms with Gasteiger partial charge in [-0.3, -0.25) is 9.69 Å². The molecule has 1 saturated heterocycles. The Labute approximate surface area is 232 Å². The maximum atomic E-state index is 13.7. The number of anilines is 1. The quantitative estimate of drug-likeness (QED) is 0.339. The molecule has 202 valence electrons. The number of benzene rings is 2. The molecule has 1 aromatic heterocycles. The molecule has 3 aromatic rings. The van der Waals surface area contributed by atoms with Crippen molar-refractivity contribution in [3.63, 3.8) is 0 Å². The van der Waals surface area contributed by atoms with Crippen molar-refractivity contribution in [3.8, 4) is 0 Å². The van der Waals surface area contributed by atoms with Crippen molar-refractivity contribution in [2.45, 2.75) is 26.4 Å². The summed E-state index contributed by atoms with van der Waals surface area (Å²) < 4.78 is 12.1. The lowest BCUT2D eigenvalue weighted by atomic mass is 10.2. The van der Waals surface area contributed by atoms with Gasteiger partial charge in [-0.2, -0.15) is 0 Å². The molecule has 2 heterocycles. The van der Waals surface area contributed by atoms with E-state index in [0.717, 1.165) is 55.1 Å². The van der Waals surface area contributed by atoms with E-state index in [2.05, 4.69) is 26.1 Å². The highest BCUT2D eigenvalue weighted by molar-refractivity contribution is 9.10. The maximum Gasteiger partial charge on any atom is 0.322 e. The standard InChI is InChI=1S/C29H35BrN4O4/c1-23-11-12-27(38-23)21-34(20-24-7-3-2-4-8-24)28(35)22-33(14-6-13-32-15-17-37-18-16-32)29(36)31-26-10-5-9-25(30)19-26/h2-5,7-12,19H,6,13-18,20-22H2,1H3,(H,31,36). The number of ether oxygens (including phenoxy) is 1. The molecule has 8 nitrogen and oxygen atoms in total. The van der Waals surface area contributed by atoms with Crippen LogP contribution in [0.1, 0.15) is 23.5 Å². The summed E-state index contributed by atoms with van der Waals surface area (Å²) in [4.78, 5) is 32.7. The number of morpholine rings is 1. The fraction of sp³-hybridized carbons (Fsp3) is 0.379. The Morgan fingerprint density at radius 2 is 1.76 bits per heavy atom.